The molecule has 0 fully saturated rings. The third-order valence-corrected chi connectivity index (χ3v) is 5.67. The summed E-state index contributed by atoms with van der Waals surface area (Å²) in [6.07, 6.45) is 0. The van der Waals surface area contributed by atoms with Gasteiger partial charge in [-0.05, 0) is 0 Å². The fourth-order valence-electron chi connectivity index (χ4n) is 0.250. The predicted molar refractivity (Wildman–Crippen MR) is 35.6 cm³/mol. The average molecular weight is 166 g/mol. The summed E-state index contributed by atoms with van der Waals surface area (Å²) in [5.74, 6) is 0. The first-order valence-corrected chi connectivity index (χ1v) is 6.48. The summed E-state index contributed by atoms with van der Waals surface area (Å²) in [5.41, 5.74) is 0. The third kappa shape index (κ3) is 2.91. The molecule has 6 heavy (non-hydrogen) atoms. The molecule has 0 spiro atoms. The molecule has 0 rings (SSSR count). The van der Waals surface area contributed by atoms with Crippen LogP contribution in [-0.4, -0.2) is 7.42 Å². The fourth-order valence-corrected chi connectivity index (χ4v) is 0.750. The minimum absolute atomic E-state index is 0.0558. The highest BCUT2D eigenvalue weighted by molar-refractivity contribution is 9.24. The molecule has 0 N–H and O–H groups in total. The van der Waals surface area contributed by atoms with Gasteiger partial charge in [0, 0.05) is 0 Å². The molecular weight excluding hydrogens is 156 g/mol. The molecule has 0 unspecified atom stereocenters. The van der Waals surface area contributed by atoms with Gasteiger partial charge in [0.05, 0.1) is 0 Å². The van der Waals surface area contributed by atoms with Crippen molar-refractivity contribution >= 4 is 22.7 Å². The summed E-state index contributed by atoms with van der Waals surface area (Å²) in [5, 5.41) is 0. The van der Waals surface area contributed by atoms with Gasteiger partial charge >= 0.3 is 0 Å². The number of halogens is 1. The largest absolute Gasteiger partial charge is 0.134 e. The molecule has 0 aliphatic heterocycles. The summed E-state index contributed by atoms with van der Waals surface area (Å²) < 4.78 is 0. The first-order valence-electron chi connectivity index (χ1n) is 2.31. The second-order valence-electron chi connectivity index (χ2n) is 1.22. The molecule has 0 aromatic heterocycles. The van der Waals surface area contributed by atoms with Crippen LogP contribution in [0.1, 0.15) is 13.8 Å². The van der Waals surface area contributed by atoms with E-state index in [-0.39, 0.29) is 7.42 Å². The van der Waals surface area contributed by atoms with Crippen LogP contribution in [0.4, 0.5) is 0 Å². The van der Waals surface area contributed by atoms with E-state index in [1.165, 1.54) is 12.1 Å². The molecule has 0 saturated heterocycles. The van der Waals surface area contributed by atoms with Gasteiger partial charge in [0.1, 0.15) is 7.42 Å². The van der Waals surface area contributed by atoms with Crippen LogP contribution in [0.25, 0.3) is 0 Å². The van der Waals surface area contributed by atoms with Crippen molar-refractivity contribution in [2.45, 2.75) is 25.9 Å². The van der Waals surface area contributed by atoms with Crippen LogP contribution in [0.15, 0.2) is 0 Å². The summed E-state index contributed by atoms with van der Waals surface area (Å²) >= 11 is 3.58. The minimum atomic E-state index is -0.0558. The second-order valence-corrected chi connectivity index (χ2v) is 7.04. The molecule has 0 amide bonds. The summed E-state index contributed by atoms with van der Waals surface area (Å²) in [4.78, 5) is 0. The van der Waals surface area contributed by atoms with E-state index >= 15 is 0 Å². The highest BCUT2D eigenvalue weighted by atomic mass is 79.9. The molecule has 0 aliphatic carbocycles. The SMILES string of the molecule is CC[Si](Br)CC. The summed E-state index contributed by atoms with van der Waals surface area (Å²) in [6.45, 7) is 4.46. The average Bonchev–Trinajstić information content (AvgIpc) is 1.65. The quantitative estimate of drug-likeness (QED) is 0.436. The van der Waals surface area contributed by atoms with Crippen molar-refractivity contribution in [2.24, 2.45) is 0 Å². The normalized spacial score (nSPS) is 10.0. The standard InChI is InChI=1S/C4H10BrSi/c1-3-6(5)4-2/h3-4H2,1-2H3. The lowest BCUT2D eigenvalue weighted by molar-refractivity contribution is 1.35. The van der Waals surface area contributed by atoms with Crippen molar-refractivity contribution in [3.63, 3.8) is 0 Å². The maximum Gasteiger partial charge on any atom is 0.134 e. The smallest absolute Gasteiger partial charge is 0.129 e. The van der Waals surface area contributed by atoms with Crippen molar-refractivity contribution in [1.29, 1.82) is 0 Å². The lowest BCUT2D eigenvalue weighted by Gasteiger charge is -1.92. The lowest BCUT2D eigenvalue weighted by atomic mass is 11.0. The first-order chi connectivity index (χ1) is 2.81. The van der Waals surface area contributed by atoms with E-state index in [4.69, 9.17) is 0 Å². The summed E-state index contributed by atoms with van der Waals surface area (Å²) in [7, 11) is -0.0558. The Morgan fingerprint density at radius 2 is 1.67 bits per heavy atom. The second kappa shape index (κ2) is 3.87. The van der Waals surface area contributed by atoms with Gasteiger partial charge < -0.3 is 0 Å². The van der Waals surface area contributed by atoms with Crippen LogP contribution in [-0.2, 0) is 0 Å². The molecular formula is C4H10BrSi. The number of hydrogen-bond donors (Lipinski definition) is 0. The number of hydrogen-bond acceptors (Lipinski definition) is 0. The Kier molecular flexibility index (Phi) is 4.32. The Labute approximate surface area is 49.1 Å². The molecule has 0 aromatic rings. The Morgan fingerprint density at radius 3 is 1.67 bits per heavy atom. The zero-order valence-electron chi connectivity index (χ0n) is 4.29. The Hall–Kier alpha value is 0.697. The molecule has 0 saturated carbocycles. The van der Waals surface area contributed by atoms with Gasteiger partial charge in [0.25, 0.3) is 0 Å². The van der Waals surface area contributed by atoms with E-state index in [0.717, 1.165) is 0 Å². The van der Waals surface area contributed by atoms with Crippen molar-refractivity contribution < 1.29 is 0 Å². The maximum absolute atomic E-state index is 3.58. The van der Waals surface area contributed by atoms with E-state index < -0.39 is 0 Å². The molecule has 0 heterocycles. The Balaban J connectivity index is 2.75. The zero-order chi connectivity index (χ0) is 4.99. The molecule has 2 heteroatoms. The Morgan fingerprint density at radius 1 is 1.33 bits per heavy atom. The van der Waals surface area contributed by atoms with Gasteiger partial charge in [0.2, 0.25) is 0 Å². The van der Waals surface area contributed by atoms with Crippen LogP contribution >= 0.6 is 15.3 Å². The van der Waals surface area contributed by atoms with E-state index in [2.05, 4.69) is 29.1 Å². The van der Waals surface area contributed by atoms with Gasteiger partial charge in [-0.2, -0.15) is 0 Å². The fraction of sp³-hybridized carbons (Fsp3) is 1.00. The van der Waals surface area contributed by atoms with E-state index in [1.54, 1.807) is 0 Å². The van der Waals surface area contributed by atoms with Crippen molar-refractivity contribution in [3.8, 4) is 0 Å². The van der Waals surface area contributed by atoms with E-state index in [9.17, 15) is 0 Å². The van der Waals surface area contributed by atoms with Gasteiger partial charge in [-0.25, -0.2) is 0 Å². The van der Waals surface area contributed by atoms with Crippen molar-refractivity contribution in [3.05, 3.63) is 0 Å². The topological polar surface area (TPSA) is 0 Å². The molecule has 1 radical (unpaired) electrons. The minimum Gasteiger partial charge on any atom is -0.129 e. The van der Waals surface area contributed by atoms with E-state index in [0.29, 0.717) is 0 Å². The monoisotopic (exact) mass is 165 g/mol. The molecule has 0 atom stereocenters. The van der Waals surface area contributed by atoms with Gasteiger partial charge in [-0.15, -0.1) is 15.3 Å². The predicted octanol–water partition coefficient (Wildman–Crippen LogP) is 2.41. The molecule has 0 aliphatic rings. The van der Waals surface area contributed by atoms with Crippen molar-refractivity contribution in [2.75, 3.05) is 0 Å². The van der Waals surface area contributed by atoms with Gasteiger partial charge in [-0.1, -0.05) is 25.9 Å². The third-order valence-electron chi connectivity index (χ3n) is 0.767. The number of rotatable bonds is 2. The molecule has 0 bridgehead atoms. The van der Waals surface area contributed by atoms with Crippen LogP contribution in [0.2, 0.25) is 12.1 Å². The van der Waals surface area contributed by atoms with Gasteiger partial charge in [-0.3, -0.25) is 0 Å². The highest BCUT2D eigenvalue weighted by Gasteiger charge is 1.95. The Bertz CT molecular complexity index is 26.7. The maximum atomic E-state index is 3.58. The zero-order valence-corrected chi connectivity index (χ0v) is 6.88. The van der Waals surface area contributed by atoms with Gasteiger partial charge in [0.15, 0.2) is 0 Å². The van der Waals surface area contributed by atoms with Crippen molar-refractivity contribution in [1.82, 2.24) is 0 Å². The first kappa shape index (κ1) is 6.70. The lowest BCUT2D eigenvalue weighted by Crippen LogP contribution is -1.94. The van der Waals surface area contributed by atoms with Crippen LogP contribution in [0.5, 0.6) is 0 Å². The summed E-state index contributed by atoms with van der Waals surface area (Å²) in [6, 6.07) is 2.70. The van der Waals surface area contributed by atoms with E-state index in [1.807, 2.05) is 0 Å². The molecule has 37 valence electrons. The van der Waals surface area contributed by atoms with Crippen LogP contribution in [0, 0.1) is 0 Å². The highest BCUT2D eigenvalue weighted by Crippen LogP contribution is 2.03. The molecule has 0 aromatic carbocycles. The molecule has 0 nitrogen and oxygen atoms in total. The van der Waals surface area contributed by atoms with Crippen LogP contribution in [0.3, 0.4) is 0 Å². The van der Waals surface area contributed by atoms with Crippen LogP contribution < -0.4 is 0 Å².